The second-order valence-electron chi connectivity index (χ2n) is 6.77. The summed E-state index contributed by atoms with van der Waals surface area (Å²) in [5.41, 5.74) is 5.66. The van der Waals surface area contributed by atoms with Crippen LogP contribution in [0, 0.1) is 0 Å². The minimum atomic E-state index is -0.499. The number of benzene rings is 2. The van der Waals surface area contributed by atoms with Gasteiger partial charge in [-0.2, -0.15) is 0 Å². The predicted molar refractivity (Wildman–Crippen MR) is 113 cm³/mol. The van der Waals surface area contributed by atoms with E-state index in [1.807, 2.05) is 13.0 Å². The maximum atomic E-state index is 12.4. The molecule has 164 valence electrons. The first-order valence-electron chi connectivity index (χ1n) is 9.95. The number of hydrogen-bond acceptors (Lipinski definition) is 6. The Bertz CT molecular complexity index is 962. The molecule has 0 saturated heterocycles. The first-order valence-corrected chi connectivity index (χ1v) is 9.95. The van der Waals surface area contributed by atoms with Gasteiger partial charge in [-0.3, -0.25) is 25.2 Å². The van der Waals surface area contributed by atoms with E-state index in [0.29, 0.717) is 35.1 Å². The van der Waals surface area contributed by atoms with E-state index < -0.39 is 11.8 Å². The Hall–Kier alpha value is -3.75. The topological polar surface area (TPSA) is 106 Å². The fourth-order valence-electron chi connectivity index (χ4n) is 3.01. The third kappa shape index (κ3) is 5.44. The second-order valence-corrected chi connectivity index (χ2v) is 6.77. The van der Waals surface area contributed by atoms with E-state index in [4.69, 9.17) is 14.2 Å². The lowest BCUT2D eigenvalue weighted by Crippen LogP contribution is -2.44. The summed E-state index contributed by atoms with van der Waals surface area (Å²) in [5, 5.41) is 0. The number of hydrogen-bond donors (Lipinski definition) is 2. The minimum absolute atomic E-state index is 0.00741. The molecular formula is C22H25N3O6. The molecule has 0 aliphatic carbocycles. The average Bonchev–Trinajstić information content (AvgIpc) is 2.80. The third-order valence-electron chi connectivity index (χ3n) is 4.57. The lowest BCUT2D eigenvalue weighted by atomic mass is 10.2. The van der Waals surface area contributed by atoms with Crippen molar-refractivity contribution >= 4 is 23.4 Å². The number of anilines is 1. The van der Waals surface area contributed by atoms with Gasteiger partial charge in [-0.05, 0) is 36.8 Å². The highest BCUT2D eigenvalue weighted by atomic mass is 16.5. The first kappa shape index (κ1) is 21.9. The summed E-state index contributed by atoms with van der Waals surface area (Å²) in [4.78, 5) is 38.2. The van der Waals surface area contributed by atoms with Crippen LogP contribution in [0.2, 0.25) is 0 Å². The molecule has 9 nitrogen and oxygen atoms in total. The number of nitrogens with zero attached hydrogens (tertiary/aromatic N) is 1. The number of methoxy groups -OCH3 is 1. The van der Waals surface area contributed by atoms with Crippen LogP contribution in [0.3, 0.4) is 0 Å². The number of rotatable bonds is 8. The highest BCUT2D eigenvalue weighted by Crippen LogP contribution is 2.31. The van der Waals surface area contributed by atoms with Crippen molar-refractivity contribution in [3.63, 3.8) is 0 Å². The molecule has 3 amide bonds. The molecule has 2 aromatic rings. The summed E-state index contributed by atoms with van der Waals surface area (Å²) in [6.45, 7) is 2.62. The van der Waals surface area contributed by atoms with Gasteiger partial charge in [0.05, 0.1) is 19.4 Å². The van der Waals surface area contributed by atoms with Crippen molar-refractivity contribution in [2.45, 2.75) is 19.8 Å². The van der Waals surface area contributed by atoms with Crippen molar-refractivity contribution in [3.8, 4) is 17.2 Å². The lowest BCUT2D eigenvalue weighted by molar-refractivity contribution is -0.122. The zero-order valence-corrected chi connectivity index (χ0v) is 17.5. The number of fused-ring (bicyclic) bond motifs is 1. The SMILES string of the molecule is CCCOc1ccc(C(=O)NNC(=O)CCN2C(=O)COc3ccccc32)cc1OC. The number of ether oxygens (including phenoxy) is 3. The van der Waals surface area contributed by atoms with Crippen molar-refractivity contribution in [2.75, 3.05) is 31.8 Å². The van der Waals surface area contributed by atoms with Crippen LogP contribution >= 0.6 is 0 Å². The molecule has 2 N–H and O–H groups in total. The fraction of sp³-hybridized carbons (Fsp3) is 0.318. The summed E-state index contributed by atoms with van der Waals surface area (Å²) in [7, 11) is 1.49. The van der Waals surface area contributed by atoms with Crippen molar-refractivity contribution < 1.29 is 28.6 Å². The molecule has 0 fully saturated rings. The van der Waals surface area contributed by atoms with Gasteiger partial charge in [-0.15, -0.1) is 0 Å². The van der Waals surface area contributed by atoms with Crippen LogP contribution in [-0.4, -0.2) is 44.6 Å². The molecule has 0 spiro atoms. The molecule has 0 saturated carbocycles. The van der Waals surface area contributed by atoms with Crippen LogP contribution in [-0.2, 0) is 9.59 Å². The number of carbonyl (C=O) groups excluding carboxylic acids is 3. The van der Waals surface area contributed by atoms with E-state index in [2.05, 4.69) is 10.9 Å². The molecule has 1 aliphatic rings. The number of amides is 3. The molecule has 0 bridgehead atoms. The molecule has 9 heteroatoms. The molecule has 1 heterocycles. The average molecular weight is 427 g/mol. The van der Waals surface area contributed by atoms with Gasteiger partial charge in [0.1, 0.15) is 5.75 Å². The number of hydrazine groups is 1. The monoisotopic (exact) mass is 427 g/mol. The Morgan fingerprint density at radius 3 is 2.71 bits per heavy atom. The summed E-state index contributed by atoms with van der Waals surface area (Å²) >= 11 is 0. The van der Waals surface area contributed by atoms with Crippen LogP contribution in [0.4, 0.5) is 5.69 Å². The summed E-state index contributed by atoms with van der Waals surface area (Å²) in [6, 6.07) is 11.9. The zero-order chi connectivity index (χ0) is 22.2. The van der Waals surface area contributed by atoms with Gasteiger partial charge in [0.15, 0.2) is 18.1 Å². The molecule has 0 unspecified atom stereocenters. The molecule has 3 rings (SSSR count). The van der Waals surface area contributed by atoms with Gasteiger partial charge in [-0.1, -0.05) is 19.1 Å². The fourth-order valence-corrected chi connectivity index (χ4v) is 3.01. The van der Waals surface area contributed by atoms with Crippen LogP contribution in [0.5, 0.6) is 17.2 Å². The van der Waals surface area contributed by atoms with E-state index in [9.17, 15) is 14.4 Å². The standard InChI is InChI=1S/C22H25N3O6/c1-3-12-30-18-9-8-15(13-19(18)29-2)22(28)24-23-20(26)10-11-25-16-6-4-5-7-17(16)31-14-21(25)27/h4-9,13H,3,10-12,14H2,1-2H3,(H,23,26)(H,24,28). The molecule has 0 aromatic heterocycles. The Balaban J connectivity index is 1.53. The molecule has 0 atom stereocenters. The summed E-state index contributed by atoms with van der Waals surface area (Å²) < 4.78 is 16.2. The van der Waals surface area contributed by atoms with Crippen LogP contribution < -0.4 is 30.0 Å². The maximum Gasteiger partial charge on any atom is 0.269 e. The summed E-state index contributed by atoms with van der Waals surface area (Å²) in [6.07, 6.45) is 0.854. The Morgan fingerprint density at radius 2 is 1.94 bits per heavy atom. The van der Waals surface area contributed by atoms with E-state index >= 15 is 0 Å². The number of nitrogens with one attached hydrogen (secondary N) is 2. The smallest absolute Gasteiger partial charge is 0.269 e. The van der Waals surface area contributed by atoms with E-state index in [1.54, 1.807) is 30.3 Å². The predicted octanol–water partition coefficient (Wildman–Crippen LogP) is 2.06. The zero-order valence-electron chi connectivity index (χ0n) is 17.5. The second kappa shape index (κ2) is 10.3. The van der Waals surface area contributed by atoms with E-state index in [-0.39, 0.29) is 25.5 Å². The van der Waals surface area contributed by atoms with E-state index in [0.717, 1.165) is 6.42 Å². The maximum absolute atomic E-state index is 12.4. The first-order chi connectivity index (χ1) is 15.0. The van der Waals surface area contributed by atoms with Crippen LogP contribution in [0.1, 0.15) is 30.1 Å². The lowest BCUT2D eigenvalue weighted by Gasteiger charge is -2.29. The Morgan fingerprint density at radius 1 is 1.13 bits per heavy atom. The minimum Gasteiger partial charge on any atom is -0.493 e. The van der Waals surface area contributed by atoms with Crippen molar-refractivity contribution in [3.05, 3.63) is 48.0 Å². The van der Waals surface area contributed by atoms with Gasteiger partial charge in [0.2, 0.25) is 5.91 Å². The van der Waals surface area contributed by atoms with Crippen molar-refractivity contribution in [1.29, 1.82) is 0 Å². The molecular weight excluding hydrogens is 402 g/mol. The normalized spacial score (nSPS) is 12.5. The quantitative estimate of drug-likeness (QED) is 0.625. The number of para-hydroxylation sites is 2. The summed E-state index contributed by atoms with van der Waals surface area (Å²) in [5.74, 6) is 0.405. The van der Waals surface area contributed by atoms with Gasteiger partial charge >= 0.3 is 0 Å². The largest absolute Gasteiger partial charge is 0.493 e. The molecule has 2 aromatic carbocycles. The van der Waals surface area contributed by atoms with Gasteiger partial charge in [0.25, 0.3) is 11.8 Å². The number of carbonyl (C=O) groups is 3. The van der Waals surface area contributed by atoms with Crippen LogP contribution in [0.25, 0.3) is 0 Å². The Labute approximate surface area is 180 Å². The highest BCUT2D eigenvalue weighted by molar-refractivity contribution is 5.99. The Kier molecular flexibility index (Phi) is 7.31. The van der Waals surface area contributed by atoms with Crippen LogP contribution in [0.15, 0.2) is 42.5 Å². The van der Waals surface area contributed by atoms with Crippen molar-refractivity contribution in [1.82, 2.24) is 10.9 Å². The highest BCUT2D eigenvalue weighted by Gasteiger charge is 2.25. The van der Waals surface area contributed by atoms with Gasteiger partial charge in [0, 0.05) is 18.5 Å². The van der Waals surface area contributed by atoms with Gasteiger partial charge in [-0.25, -0.2) is 0 Å². The van der Waals surface area contributed by atoms with Gasteiger partial charge < -0.3 is 19.1 Å². The third-order valence-corrected chi connectivity index (χ3v) is 4.57. The molecule has 31 heavy (non-hydrogen) atoms. The van der Waals surface area contributed by atoms with E-state index in [1.165, 1.54) is 18.1 Å². The van der Waals surface area contributed by atoms with Crippen molar-refractivity contribution in [2.24, 2.45) is 0 Å². The molecule has 1 aliphatic heterocycles. The molecule has 0 radical (unpaired) electrons.